The van der Waals surface area contributed by atoms with Gasteiger partial charge in [0.15, 0.2) is 5.11 Å². The van der Waals surface area contributed by atoms with Crippen LogP contribution in [0.3, 0.4) is 0 Å². The standard InChI is InChI=1S/C24H32N2O2S/c1-4-5-6-7-8-17-28-22-15-13-21(14-16-22)25-24(29)26-23(27)20-11-9-19(10-12-20)18(2)3/h9-16,18H,4-8,17H2,1-3H3,(H2,25,26,27,29). The molecule has 0 saturated heterocycles. The van der Waals surface area contributed by atoms with Gasteiger partial charge in [-0.25, -0.2) is 0 Å². The van der Waals surface area contributed by atoms with Crippen molar-refractivity contribution in [3.05, 3.63) is 59.7 Å². The molecule has 29 heavy (non-hydrogen) atoms. The van der Waals surface area contributed by atoms with Gasteiger partial charge in [-0.2, -0.15) is 0 Å². The van der Waals surface area contributed by atoms with E-state index in [-0.39, 0.29) is 11.0 Å². The van der Waals surface area contributed by atoms with Crippen molar-refractivity contribution in [1.82, 2.24) is 5.32 Å². The van der Waals surface area contributed by atoms with Gasteiger partial charge in [-0.05, 0) is 66.5 Å². The smallest absolute Gasteiger partial charge is 0.257 e. The molecule has 1 amide bonds. The molecule has 0 aromatic heterocycles. The van der Waals surface area contributed by atoms with Gasteiger partial charge in [0.1, 0.15) is 5.75 Å². The van der Waals surface area contributed by atoms with Gasteiger partial charge >= 0.3 is 0 Å². The second-order valence-electron chi connectivity index (χ2n) is 7.47. The van der Waals surface area contributed by atoms with Crippen LogP contribution >= 0.6 is 12.2 Å². The average molecular weight is 413 g/mol. The number of anilines is 1. The van der Waals surface area contributed by atoms with Gasteiger partial charge in [0.05, 0.1) is 6.61 Å². The van der Waals surface area contributed by atoms with E-state index in [9.17, 15) is 4.79 Å². The molecule has 0 bridgehead atoms. The minimum atomic E-state index is -0.221. The zero-order valence-corrected chi connectivity index (χ0v) is 18.5. The second-order valence-corrected chi connectivity index (χ2v) is 7.88. The fraction of sp³-hybridized carbons (Fsp3) is 0.417. The zero-order valence-electron chi connectivity index (χ0n) is 17.7. The lowest BCUT2D eigenvalue weighted by Crippen LogP contribution is -2.34. The first-order chi connectivity index (χ1) is 14.0. The molecule has 2 aromatic carbocycles. The topological polar surface area (TPSA) is 50.4 Å². The SMILES string of the molecule is CCCCCCCOc1ccc(NC(=S)NC(=O)c2ccc(C(C)C)cc2)cc1. The highest BCUT2D eigenvalue weighted by atomic mass is 32.1. The van der Waals surface area contributed by atoms with Crippen LogP contribution in [0.4, 0.5) is 5.69 Å². The molecule has 2 aromatic rings. The predicted molar refractivity (Wildman–Crippen MR) is 125 cm³/mol. The van der Waals surface area contributed by atoms with E-state index in [0.29, 0.717) is 11.5 Å². The Kier molecular flexibility index (Phi) is 9.65. The van der Waals surface area contributed by atoms with E-state index in [2.05, 4.69) is 31.4 Å². The van der Waals surface area contributed by atoms with Crippen LogP contribution in [0.15, 0.2) is 48.5 Å². The molecule has 0 unspecified atom stereocenters. The molecule has 5 heteroatoms. The Morgan fingerprint density at radius 3 is 2.24 bits per heavy atom. The Morgan fingerprint density at radius 2 is 1.62 bits per heavy atom. The number of carbonyl (C=O) groups excluding carboxylic acids is 1. The fourth-order valence-corrected chi connectivity index (χ4v) is 3.10. The quantitative estimate of drug-likeness (QED) is 0.356. The van der Waals surface area contributed by atoms with E-state index in [1.807, 2.05) is 48.5 Å². The highest BCUT2D eigenvalue weighted by Gasteiger charge is 2.09. The monoisotopic (exact) mass is 412 g/mol. The minimum absolute atomic E-state index is 0.221. The summed E-state index contributed by atoms with van der Waals surface area (Å²) >= 11 is 5.26. The van der Waals surface area contributed by atoms with E-state index in [1.165, 1.54) is 31.2 Å². The maximum Gasteiger partial charge on any atom is 0.257 e. The van der Waals surface area contributed by atoms with Gasteiger partial charge < -0.3 is 10.1 Å². The summed E-state index contributed by atoms with van der Waals surface area (Å²) in [6.45, 7) is 7.20. The number of carbonyl (C=O) groups is 1. The molecule has 0 aliphatic heterocycles. The van der Waals surface area contributed by atoms with Crippen molar-refractivity contribution < 1.29 is 9.53 Å². The molecule has 0 fully saturated rings. The third-order valence-corrected chi connectivity index (χ3v) is 4.90. The van der Waals surface area contributed by atoms with E-state index < -0.39 is 0 Å². The molecular weight excluding hydrogens is 380 g/mol. The van der Waals surface area contributed by atoms with Crippen molar-refractivity contribution in [3.63, 3.8) is 0 Å². The van der Waals surface area contributed by atoms with Crippen LogP contribution in [0.5, 0.6) is 5.75 Å². The normalized spacial score (nSPS) is 10.6. The van der Waals surface area contributed by atoms with Crippen molar-refractivity contribution in [2.45, 2.75) is 58.8 Å². The number of amides is 1. The molecular formula is C24H32N2O2S. The Labute approximate surface area is 180 Å². The summed E-state index contributed by atoms with van der Waals surface area (Å²) in [6, 6.07) is 15.2. The predicted octanol–water partition coefficient (Wildman–Crippen LogP) is 6.29. The van der Waals surface area contributed by atoms with E-state index in [1.54, 1.807) is 0 Å². The second kappa shape index (κ2) is 12.2. The van der Waals surface area contributed by atoms with Gasteiger partial charge in [0.25, 0.3) is 5.91 Å². The van der Waals surface area contributed by atoms with Crippen molar-refractivity contribution in [2.24, 2.45) is 0 Å². The summed E-state index contributed by atoms with van der Waals surface area (Å²) in [6.07, 6.45) is 6.10. The van der Waals surface area contributed by atoms with Gasteiger partial charge in [0, 0.05) is 11.3 Å². The fourth-order valence-electron chi connectivity index (χ4n) is 2.89. The van der Waals surface area contributed by atoms with Crippen LogP contribution in [0.1, 0.15) is 74.7 Å². The summed E-state index contributed by atoms with van der Waals surface area (Å²) in [5.74, 6) is 1.05. The van der Waals surface area contributed by atoms with E-state index >= 15 is 0 Å². The Balaban J connectivity index is 1.76. The number of hydrogen-bond donors (Lipinski definition) is 2. The maximum atomic E-state index is 12.3. The molecule has 0 heterocycles. The average Bonchev–Trinajstić information content (AvgIpc) is 2.71. The number of thiocarbonyl (C=S) groups is 1. The molecule has 0 atom stereocenters. The first kappa shape index (κ1) is 22.9. The lowest BCUT2D eigenvalue weighted by Gasteiger charge is -2.11. The summed E-state index contributed by atoms with van der Waals surface area (Å²) in [5, 5.41) is 6.02. The molecule has 2 N–H and O–H groups in total. The molecule has 0 radical (unpaired) electrons. The van der Waals surface area contributed by atoms with Crippen molar-refractivity contribution in [2.75, 3.05) is 11.9 Å². The van der Waals surface area contributed by atoms with Crippen molar-refractivity contribution >= 4 is 28.9 Å². The minimum Gasteiger partial charge on any atom is -0.494 e. The first-order valence-electron chi connectivity index (χ1n) is 10.4. The summed E-state index contributed by atoms with van der Waals surface area (Å²) < 4.78 is 5.76. The van der Waals surface area contributed by atoms with Crippen LogP contribution in [-0.4, -0.2) is 17.6 Å². The third-order valence-electron chi connectivity index (χ3n) is 4.70. The Bertz CT molecular complexity index is 770. The lowest BCUT2D eigenvalue weighted by atomic mass is 10.0. The molecule has 0 spiro atoms. The molecule has 0 saturated carbocycles. The highest BCUT2D eigenvalue weighted by molar-refractivity contribution is 7.80. The summed E-state index contributed by atoms with van der Waals surface area (Å²) in [4.78, 5) is 12.3. The van der Waals surface area contributed by atoms with Crippen LogP contribution in [-0.2, 0) is 0 Å². The number of rotatable bonds is 10. The first-order valence-corrected chi connectivity index (χ1v) is 10.9. The van der Waals surface area contributed by atoms with Crippen LogP contribution < -0.4 is 15.4 Å². The maximum absolute atomic E-state index is 12.3. The number of benzene rings is 2. The highest BCUT2D eigenvalue weighted by Crippen LogP contribution is 2.17. The molecule has 4 nitrogen and oxygen atoms in total. The van der Waals surface area contributed by atoms with E-state index in [4.69, 9.17) is 17.0 Å². The largest absolute Gasteiger partial charge is 0.494 e. The lowest BCUT2D eigenvalue weighted by molar-refractivity contribution is 0.0977. The summed E-state index contributed by atoms with van der Waals surface area (Å²) in [5.41, 5.74) is 2.59. The van der Waals surface area contributed by atoms with E-state index in [0.717, 1.165) is 24.5 Å². The zero-order chi connectivity index (χ0) is 21.1. The summed E-state index contributed by atoms with van der Waals surface area (Å²) in [7, 11) is 0. The Hall–Kier alpha value is -2.40. The van der Waals surface area contributed by atoms with Gasteiger partial charge in [0.2, 0.25) is 0 Å². The van der Waals surface area contributed by atoms with Gasteiger partial charge in [-0.3, -0.25) is 10.1 Å². The van der Waals surface area contributed by atoms with Crippen LogP contribution in [0, 0.1) is 0 Å². The third kappa shape index (κ3) is 8.24. The van der Waals surface area contributed by atoms with Crippen molar-refractivity contribution in [1.29, 1.82) is 0 Å². The molecule has 2 rings (SSSR count). The van der Waals surface area contributed by atoms with Crippen molar-refractivity contribution in [3.8, 4) is 5.75 Å². The molecule has 0 aliphatic carbocycles. The number of unbranched alkanes of at least 4 members (excludes halogenated alkanes) is 4. The molecule has 156 valence electrons. The van der Waals surface area contributed by atoms with Crippen LogP contribution in [0.2, 0.25) is 0 Å². The van der Waals surface area contributed by atoms with Gasteiger partial charge in [-0.1, -0.05) is 58.6 Å². The van der Waals surface area contributed by atoms with Gasteiger partial charge in [-0.15, -0.1) is 0 Å². The number of hydrogen-bond acceptors (Lipinski definition) is 3. The Morgan fingerprint density at radius 1 is 0.966 bits per heavy atom. The number of nitrogens with one attached hydrogen (secondary N) is 2. The van der Waals surface area contributed by atoms with Crippen LogP contribution in [0.25, 0.3) is 0 Å². The number of ether oxygens (including phenoxy) is 1. The molecule has 0 aliphatic rings.